The zero-order chi connectivity index (χ0) is 49.8. The van der Waals surface area contributed by atoms with Crippen LogP contribution in [0.25, 0.3) is 42.6 Å². The molecule has 3 aliphatic rings. The van der Waals surface area contributed by atoms with Crippen LogP contribution in [-0.2, 0) is 29.0 Å². The number of sulfone groups is 2. The largest absolute Gasteiger partial charge is 0.496 e. The summed E-state index contributed by atoms with van der Waals surface area (Å²) in [5, 5.41) is 2.14. The smallest absolute Gasteiger partial charge is 0.399 e. The van der Waals surface area contributed by atoms with Gasteiger partial charge in [-0.15, -0.1) is 0 Å². The number of aryl methyl sites for hydroxylation is 2. The summed E-state index contributed by atoms with van der Waals surface area (Å²) in [5.74, 6) is 0. The number of nitrogen functional groups attached to an aromatic ring is 2. The first-order chi connectivity index (χ1) is 31.8. The van der Waals surface area contributed by atoms with Gasteiger partial charge >= 0.3 is 7.12 Å². The Bertz CT molecular complexity index is 3240. The maximum atomic E-state index is 12.1. The van der Waals surface area contributed by atoms with E-state index in [1.54, 1.807) is 12.4 Å². The van der Waals surface area contributed by atoms with E-state index in [0.29, 0.717) is 64.0 Å². The van der Waals surface area contributed by atoms with Crippen LogP contribution in [0.1, 0.15) is 89.4 Å². The molecule has 2 saturated carbocycles. The molecule has 4 N–H and O–H groups in total. The minimum atomic E-state index is -3.07. The Balaban J connectivity index is 0.000000170. The summed E-state index contributed by atoms with van der Waals surface area (Å²) in [6.07, 6.45) is 17.1. The average molecular weight is 1060 g/mol. The van der Waals surface area contributed by atoms with Crippen molar-refractivity contribution < 1.29 is 26.1 Å². The zero-order valence-corrected chi connectivity index (χ0v) is 43.9. The van der Waals surface area contributed by atoms with Crippen molar-refractivity contribution in [2.24, 2.45) is 0 Å². The van der Waals surface area contributed by atoms with Crippen molar-refractivity contribution >= 4 is 116 Å². The number of nitrogens with two attached hydrogens (primary N) is 2. The quantitative estimate of drug-likeness (QED) is 0.120. The lowest BCUT2D eigenvalue weighted by Gasteiger charge is -2.32. The summed E-state index contributed by atoms with van der Waals surface area (Å²) >= 11 is 15.3. The van der Waals surface area contributed by atoms with Gasteiger partial charge in [0, 0.05) is 77.0 Å². The number of halogens is 3. The number of hydrogen-bond acceptors (Lipinski definition) is 10. The van der Waals surface area contributed by atoms with E-state index in [0.717, 1.165) is 61.3 Å². The minimum absolute atomic E-state index is 0.0666. The molecule has 358 valence electrons. The molecule has 9 rings (SSSR count). The van der Waals surface area contributed by atoms with Crippen molar-refractivity contribution in [3.63, 3.8) is 0 Å². The van der Waals surface area contributed by atoms with Crippen LogP contribution in [0.3, 0.4) is 0 Å². The highest BCUT2D eigenvalue weighted by molar-refractivity contribution is 9.10. The van der Waals surface area contributed by atoms with Crippen LogP contribution in [0.5, 0.6) is 0 Å². The molecular weight excluding hydrogens is 1010 g/mol. The predicted octanol–water partition coefficient (Wildman–Crippen LogP) is 11.0. The number of fused-ring (bicyclic) bond motifs is 2. The van der Waals surface area contributed by atoms with Gasteiger partial charge in [-0.05, 0) is 142 Å². The first-order valence-electron chi connectivity index (χ1n) is 22.0. The van der Waals surface area contributed by atoms with E-state index in [4.69, 9.17) is 57.1 Å². The molecule has 20 heteroatoms. The second-order valence-electron chi connectivity index (χ2n) is 19.0. The number of hydrogen-bond donors (Lipinski definition) is 2. The van der Waals surface area contributed by atoms with Crippen LogP contribution in [0.2, 0.25) is 10.0 Å². The Hall–Kier alpha value is -4.66. The van der Waals surface area contributed by atoms with Crippen molar-refractivity contribution in [3.05, 3.63) is 110 Å². The van der Waals surface area contributed by atoms with Crippen molar-refractivity contribution in [2.45, 2.75) is 114 Å². The third-order valence-electron chi connectivity index (χ3n) is 13.9. The SMILES string of the molecule is Nc1cncc(Br)c1Cl.[C-]#[N+]c1cc2c(-c3cncc(N)c3Cl)cn([C@@H]3CC[C@H](S(C)(=O)=O)C3)c2cc1C.[C-]#[N+]c1cc2c(B3OC(C)(C)C(C)(C)O3)cn([C@@H]3CC[C@H](S(C)(=O)=O)C3)c2cc1C. The molecule has 1 aliphatic heterocycles. The summed E-state index contributed by atoms with van der Waals surface area (Å²) in [6.45, 7) is 26.9. The Morgan fingerprint density at radius 3 is 1.62 bits per heavy atom. The van der Waals surface area contributed by atoms with Crippen LogP contribution in [-0.4, -0.2) is 77.3 Å². The molecule has 1 saturated heterocycles. The number of aromatic nitrogens is 4. The van der Waals surface area contributed by atoms with Gasteiger partial charge < -0.3 is 29.9 Å². The van der Waals surface area contributed by atoms with Gasteiger partial charge in [0.15, 0.2) is 11.4 Å². The second-order valence-corrected chi connectivity index (χ2v) is 25.3. The molecule has 0 spiro atoms. The van der Waals surface area contributed by atoms with Crippen LogP contribution in [0, 0.1) is 27.0 Å². The molecule has 5 heterocycles. The number of pyridine rings is 2. The van der Waals surface area contributed by atoms with Crippen LogP contribution in [0.15, 0.2) is 65.9 Å². The second kappa shape index (κ2) is 19.3. The first-order valence-corrected chi connectivity index (χ1v) is 27.4. The molecule has 3 fully saturated rings. The molecule has 14 nitrogen and oxygen atoms in total. The van der Waals surface area contributed by atoms with Gasteiger partial charge in [-0.2, -0.15) is 0 Å². The molecule has 0 amide bonds. The lowest BCUT2D eigenvalue weighted by atomic mass is 9.79. The van der Waals surface area contributed by atoms with E-state index in [1.165, 1.54) is 24.9 Å². The highest BCUT2D eigenvalue weighted by atomic mass is 79.9. The summed E-state index contributed by atoms with van der Waals surface area (Å²) in [4.78, 5) is 15.3. The third kappa shape index (κ3) is 10.2. The fraction of sp³-hybridized carbons (Fsp3) is 0.417. The van der Waals surface area contributed by atoms with Gasteiger partial charge in [0.05, 0.1) is 73.1 Å². The molecule has 4 aromatic heterocycles. The van der Waals surface area contributed by atoms with E-state index >= 15 is 0 Å². The molecule has 6 aromatic rings. The highest BCUT2D eigenvalue weighted by Gasteiger charge is 2.52. The average Bonchev–Trinajstić information content (AvgIpc) is 4.10. The Morgan fingerprint density at radius 1 is 0.706 bits per heavy atom. The van der Waals surface area contributed by atoms with E-state index < -0.39 is 38.0 Å². The van der Waals surface area contributed by atoms with E-state index in [9.17, 15) is 16.8 Å². The fourth-order valence-corrected chi connectivity index (χ4v) is 12.1. The van der Waals surface area contributed by atoms with Gasteiger partial charge in [-0.25, -0.2) is 26.5 Å². The number of rotatable bonds is 6. The maximum Gasteiger partial charge on any atom is 0.496 e. The fourth-order valence-electron chi connectivity index (χ4n) is 9.22. The van der Waals surface area contributed by atoms with Gasteiger partial charge in [0.2, 0.25) is 0 Å². The molecule has 0 unspecified atom stereocenters. The number of benzene rings is 2. The molecule has 0 radical (unpaired) electrons. The standard InChI is InChI=1S/C22H29BN2O4S.C21H21ClN4O2S.C5H4BrClN2/c1-14-10-20-17(12-19(14)24-6)18(23-28-21(2,3)22(4,5)29-23)13-25(20)15-8-9-16(11-15)30(7,26)27;1-12-6-20-15(8-19(12)24-2)17(16-9-25-10-18(23)21(16)22)11-26(20)13-4-5-14(7-13)29(3,27)28;6-3-1-9-2-4(8)5(3)7/h10,12-13,15-16H,8-9,11H2,1-5,7H3;6,8-11,13-14H,4-5,7,23H2,1,3H3;1-2H,8H2/t15-,16+;13-,14+;/m11./s1. The van der Waals surface area contributed by atoms with Crippen LogP contribution < -0.4 is 16.9 Å². The van der Waals surface area contributed by atoms with E-state index in [1.807, 2.05) is 72.0 Å². The Kier molecular flexibility index (Phi) is 14.5. The van der Waals surface area contributed by atoms with Crippen molar-refractivity contribution in [3.8, 4) is 11.1 Å². The normalized spacial score (nSPS) is 20.9. The highest BCUT2D eigenvalue weighted by Crippen LogP contribution is 2.44. The van der Waals surface area contributed by atoms with E-state index in [2.05, 4.69) is 50.9 Å². The predicted molar refractivity (Wildman–Crippen MR) is 279 cm³/mol. The molecule has 2 aromatic carbocycles. The first kappa shape index (κ1) is 51.2. The molecule has 2 aliphatic carbocycles. The summed E-state index contributed by atoms with van der Waals surface area (Å²) in [7, 11) is -6.67. The summed E-state index contributed by atoms with van der Waals surface area (Å²) < 4.78 is 65.9. The lowest BCUT2D eigenvalue weighted by Crippen LogP contribution is -2.41. The van der Waals surface area contributed by atoms with Crippen molar-refractivity contribution in [2.75, 3.05) is 24.0 Å². The summed E-state index contributed by atoms with van der Waals surface area (Å²) in [5.41, 5.74) is 18.7. The van der Waals surface area contributed by atoms with Crippen molar-refractivity contribution in [1.82, 2.24) is 19.1 Å². The molecule has 0 bridgehead atoms. The topological polar surface area (TPSA) is 183 Å². The van der Waals surface area contributed by atoms with Crippen LogP contribution >= 0.6 is 39.1 Å². The Morgan fingerprint density at radius 2 is 1.16 bits per heavy atom. The van der Waals surface area contributed by atoms with Gasteiger partial charge in [-0.3, -0.25) is 9.97 Å². The van der Waals surface area contributed by atoms with Gasteiger partial charge in [-0.1, -0.05) is 23.2 Å². The van der Waals surface area contributed by atoms with Crippen LogP contribution in [0.4, 0.5) is 22.7 Å². The summed E-state index contributed by atoms with van der Waals surface area (Å²) in [6, 6.07) is 7.97. The third-order valence-corrected chi connectivity index (χ3v) is 18.8. The van der Waals surface area contributed by atoms with E-state index in [-0.39, 0.29) is 22.6 Å². The van der Waals surface area contributed by atoms with Gasteiger partial charge in [0.25, 0.3) is 0 Å². The zero-order valence-electron chi connectivity index (χ0n) is 39.1. The molecule has 4 atom stereocenters. The van der Waals surface area contributed by atoms with Gasteiger partial charge in [0.1, 0.15) is 19.7 Å². The molecular formula is C48H54BBrCl2N8O6S2. The maximum absolute atomic E-state index is 12.1. The lowest BCUT2D eigenvalue weighted by molar-refractivity contribution is 0.00578. The molecule has 68 heavy (non-hydrogen) atoms. The number of anilines is 2. The Labute approximate surface area is 417 Å². The number of nitrogens with zero attached hydrogens (tertiary/aromatic N) is 6. The monoisotopic (exact) mass is 1060 g/mol. The minimum Gasteiger partial charge on any atom is -0.399 e. The van der Waals surface area contributed by atoms with Crippen molar-refractivity contribution in [1.29, 1.82) is 0 Å².